The molecule has 0 bridgehead atoms. The summed E-state index contributed by atoms with van der Waals surface area (Å²) in [6.07, 6.45) is 7.71. The Kier molecular flexibility index (Phi) is 1.72. The minimum Gasteiger partial charge on any atom is -0.392 e. The van der Waals surface area contributed by atoms with Gasteiger partial charge < -0.3 is 9.84 Å². The average molecular weight is 182 g/mol. The van der Waals surface area contributed by atoms with E-state index in [1.807, 2.05) is 0 Å². The van der Waals surface area contributed by atoms with Gasteiger partial charge in [0.2, 0.25) is 0 Å². The van der Waals surface area contributed by atoms with Crippen molar-refractivity contribution in [3.8, 4) is 0 Å². The van der Waals surface area contributed by atoms with Crippen molar-refractivity contribution in [2.45, 2.75) is 50.7 Å². The van der Waals surface area contributed by atoms with E-state index in [0.717, 1.165) is 13.0 Å². The molecule has 0 amide bonds. The third-order valence-electron chi connectivity index (χ3n) is 4.46. The minimum atomic E-state index is -0.0414. The first-order valence-electron chi connectivity index (χ1n) is 5.64. The molecular weight excluding hydrogens is 164 g/mol. The molecule has 3 rings (SSSR count). The molecular formula is C11H18O2. The van der Waals surface area contributed by atoms with E-state index in [1.54, 1.807) is 0 Å². The van der Waals surface area contributed by atoms with Gasteiger partial charge in [0.1, 0.15) is 0 Å². The zero-order valence-electron chi connectivity index (χ0n) is 8.04. The lowest BCUT2D eigenvalue weighted by atomic mass is 9.54. The smallest absolute Gasteiger partial charge is 0.0709 e. The summed E-state index contributed by atoms with van der Waals surface area (Å²) in [6.45, 7) is 0.926. The first-order chi connectivity index (χ1) is 6.34. The molecule has 13 heavy (non-hydrogen) atoms. The van der Waals surface area contributed by atoms with E-state index in [-0.39, 0.29) is 11.5 Å². The number of ether oxygens (including phenoxy) is 1. The summed E-state index contributed by atoms with van der Waals surface area (Å²) in [6, 6.07) is 0. The maximum absolute atomic E-state index is 10.1. The molecule has 0 unspecified atom stereocenters. The van der Waals surface area contributed by atoms with Crippen molar-refractivity contribution in [1.82, 2.24) is 0 Å². The molecule has 3 fully saturated rings. The third kappa shape index (κ3) is 0.909. The van der Waals surface area contributed by atoms with Crippen LogP contribution in [-0.2, 0) is 4.74 Å². The zero-order chi connectivity index (χ0) is 8.89. The van der Waals surface area contributed by atoms with E-state index in [1.165, 1.54) is 32.1 Å². The van der Waals surface area contributed by atoms with Crippen LogP contribution in [0.5, 0.6) is 0 Å². The summed E-state index contributed by atoms with van der Waals surface area (Å²) in [5.41, 5.74) is 0.199. The van der Waals surface area contributed by atoms with E-state index in [0.29, 0.717) is 12.0 Å². The standard InChI is InChI=1S/C11H18O2/c12-9-8-4-3-7-13-10(8)11(9)5-1-2-6-11/h8-10,12H,1-7H2/t8-,9-,10+/m1/s1. The zero-order valence-corrected chi connectivity index (χ0v) is 8.04. The summed E-state index contributed by atoms with van der Waals surface area (Å²) < 4.78 is 5.83. The number of fused-ring (bicyclic) bond motifs is 2. The fraction of sp³-hybridized carbons (Fsp3) is 1.00. The third-order valence-corrected chi connectivity index (χ3v) is 4.46. The van der Waals surface area contributed by atoms with Crippen molar-refractivity contribution in [2.24, 2.45) is 11.3 Å². The van der Waals surface area contributed by atoms with Crippen molar-refractivity contribution in [1.29, 1.82) is 0 Å². The Bertz CT molecular complexity index is 208. The molecule has 0 radical (unpaired) electrons. The van der Waals surface area contributed by atoms with Gasteiger partial charge in [0.15, 0.2) is 0 Å². The Balaban J connectivity index is 1.82. The second-order valence-electron chi connectivity index (χ2n) is 4.98. The maximum atomic E-state index is 10.1. The van der Waals surface area contributed by atoms with Gasteiger partial charge in [-0.1, -0.05) is 12.8 Å². The predicted molar refractivity (Wildman–Crippen MR) is 49.4 cm³/mol. The summed E-state index contributed by atoms with van der Waals surface area (Å²) >= 11 is 0. The number of hydrogen-bond donors (Lipinski definition) is 1. The Labute approximate surface area is 79.3 Å². The molecule has 0 aromatic rings. The van der Waals surface area contributed by atoms with Crippen LogP contribution in [0.25, 0.3) is 0 Å². The van der Waals surface area contributed by atoms with Crippen LogP contribution in [0.3, 0.4) is 0 Å². The molecule has 2 saturated carbocycles. The van der Waals surface area contributed by atoms with Crippen LogP contribution < -0.4 is 0 Å². The van der Waals surface area contributed by atoms with Gasteiger partial charge in [-0.25, -0.2) is 0 Å². The highest BCUT2D eigenvalue weighted by Gasteiger charge is 2.63. The molecule has 3 aliphatic rings. The van der Waals surface area contributed by atoms with Gasteiger partial charge in [-0.2, -0.15) is 0 Å². The molecule has 2 nitrogen and oxygen atoms in total. The van der Waals surface area contributed by atoms with Crippen LogP contribution in [-0.4, -0.2) is 23.9 Å². The van der Waals surface area contributed by atoms with Crippen molar-refractivity contribution in [2.75, 3.05) is 6.61 Å². The van der Waals surface area contributed by atoms with Gasteiger partial charge in [-0.05, 0) is 25.7 Å². The van der Waals surface area contributed by atoms with Crippen molar-refractivity contribution >= 4 is 0 Å². The molecule has 1 N–H and O–H groups in total. The molecule has 0 aromatic heterocycles. The second-order valence-corrected chi connectivity index (χ2v) is 4.98. The van der Waals surface area contributed by atoms with Crippen LogP contribution >= 0.6 is 0 Å². The fourth-order valence-electron chi connectivity index (χ4n) is 3.81. The van der Waals surface area contributed by atoms with Gasteiger partial charge >= 0.3 is 0 Å². The number of rotatable bonds is 0. The monoisotopic (exact) mass is 182 g/mol. The highest BCUT2D eigenvalue weighted by Crippen LogP contribution is 2.59. The first-order valence-corrected chi connectivity index (χ1v) is 5.64. The lowest BCUT2D eigenvalue weighted by Gasteiger charge is -2.59. The van der Waals surface area contributed by atoms with Gasteiger partial charge in [-0.15, -0.1) is 0 Å². The van der Waals surface area contributed by atoms with E-state index in [4.69, 9.17) is 4.74 Å². The molecule has 2 heteroatoms. The summed E-state index contributed by atoms with van der Waals surface area (Å²) in [5, 5.41) is 10.1. The first kappa shape index (κ1) is 8.25. The predicted octanol–water partition coefficient (Wildman–Crippen LogP) is 1.72. The second kappa shape index (κ2) is 2.71. The highest BCUT2D eigenvalue weighted by atomic mass is 16.5. The van der Waals surface area contributed by atoms with Crippen molar-refractivity contribution in [3.05, 3.63) is 0 Å². The van der Waals surface area contributed by atoms with Gasteiger partial charge in [0.25, 0.3) is 0 Å². The topological polar surface area (TPSA) is 29.5 Å². The molecule has 1 heterocycles. The maximum Gasteiger partial charge on any atom is 0.0709 e. The van der Waals surface area contributed by atoms with E-state index in [2.05, 4.69) is 0 Å². The van der Waals surface area contributed by atoms with Crippen molar-refractivity contribution < 1.29 is 9.84 Å². The summed E-state index contributed by atoms with van der Waals surface area (Å²) in [5.74, 6) is 0.479. The lowest BCUT2D eigenvalue weighted by molar-refractivity contribution is -0.256. The largest absolute Gasteiger partial charge is 0.392 e. The number of hydrogen-bond acceptors (Lipinski definition) is 2. The average Bonchev–Trinajstić information content (AvgIpc) is 2.68. The molecule has 3 atom stereocenters. The Morgan fingerprint density at radius 1 is 1.15 bits per heavy atom. The minimum absolute atomic E-state index is 0.0414. The Morgan fingerprint density at radius 3 is 2.69 bits per heavy atom. The number of aliphatic hydroxyl groups is 1. The highest BCUT2D eigenvalue weighted by molar-refractivity contribution is 5.12. The van der Waals surface area contributed by atoms with Crippen LogP contribution in [0.15, 0.2) is 0 Å². The number of aliphatic hydroxyl groups excluding tert-OH is 1. The van der Waals surface area contributed by atoms with Crippen LogP contribution in [0, 0.1) is 11.3 Å². The van der Waals surface area contributed by atoms with Crippen molar-refractivity contribution in [3.63, 3.8) is 0 Å². The van der Waals surface area contributed by atoms with Gasteiger partial charge in [-0.3, -0.25) is 0 Å². The van der Waals surface area contributed by atoms with E-state index < -0.39 is 0 Å². The molecule has 2 aliphatic carbocycles. The Morgan fingerprint density at radius 2 is 1.92 bits per heavy atom. The fourth-order valence-corrected chi connectivity index (χ4v) is 3.81. The summed E-state index contributed by atoms with van der Waals surface area (Å²) in [7, 11) is 0. The van der Waals surface area contributed by atoms with Gasteiger partial charge in [0, 0.05) is 17.9 Å². The van der Waals surface area contributed by atoms with Gasteiger partial charge in [0.05, 0.1) is 12.2 Å². The quantitative estimate of drug-likeness (QED) is 0.618. The van der Waals surface area contributed by atoms with E-state index in [9.17, 15) is 5.11 Å². The molecule has 0 aromatic carbocycles. The Hall–Kier alpha value is -0.0800. The van der Waals surface area contributed by atoms with Crippen LogP contribution in [0.1, 0.15) is 38.5 Å². The van der Waals surface area contributed by atoms with Crippen LogP contribution in [0.4, 0.5) is 0 Å². The SMILES string of the molecule is O[C@@H]1[C@H]2CCCO[C@@H]2C12CCCC2. The molecule has 74 valence electrons. The lowest BCUT2D eigenvalue weighted by Crippen LogP contribution is -2.65. The molecule has 1 aliphatic heterocycles. The molecule has 1 spiro atoms. The molecule has 1 saturated heterocycles. The van der Waals surface area contributed by atoms with Crippen LogP contribution in [0.2, 0.25) is 0 Å². The summed E-state index contributed by atoms with van der Waals surface area (Å²) in [4.78, 5) is 0. The van der Waals surface area contributed by atoms with E-state index >= 15 is 0 Å². The normalized spacial score (nSPS) is 47.3.